The van der Waals surface area contributed by atoms with Crippen LogP contribution in [0.1, 0.15) is 6.42 Å². The molecule has 3 N–H and O–H groups in total. The summed E-state index contributed by atoms with van der Waals surface area (Å²) < 4.78 is 0. The van der Waals surface area contributed by atoms with Gasteiger partial charge < -0.3 is 15.7 Å². The van der Waals surface area contributed by atoms with Gasteiger partial charge in [0.1, 0.15) is 6.04 Å². The maximum absolute atomic E-state index is 10.6. The zero-order valence-electron chi connectivity index (χ0n) is 5.86. The second kappa shape index (κ2) is 2.87. The van der Waals surface area contributed by atoms with E-state index in [1.54, 1.807) is 6.41 Å². The molecule has 1 aliphatic rings. The monoisotopic (exact) mass is 157 g/mol. The molecule has 1 radical (unpaired) electrons. The van der Waals surface area contributed by atoms with Crippen molar-refractivity contribution in [3.63, 3.8) is 0 Å². The molecule has 0 spiro atoms. The number of aliphatic hydroxyl groups is 1. The average molecular weight is 157 g/mol. The van der Waals surface area contributed by atoms with Gasteiger partial charge in [-0.3, -0.25) is 9.59 Å². The van der Waals surface area contributed by atoms with Crippen molar-refractivity contribution in [1.29, 1.82) is 0 Å². The van der Waals surface area contributed by atoms with Crippen molar-refractivity contribution in [2.75, 3.05) is 6.54 Å². The fraction of sp³-hybridized carbons (Fsp3) is 0.667. The van der Waals surface area contributed by atoms with Gasteiger partial charge in [-0.25, -0.2) is 0 Å². The summed E-state index contributed by atoms with van der Waals surface area (Å²) in [5.41, 5.74) is 4.96. The van der Waals surface area contributed by atoms with Crippen molar-refractivity contribution >= 4 is 12.3 Å². The van der Waals surface area contributed by atoms with E-state index in [0.717, 1.165) is 4.90 Å². The Labute approximate surface area is 63.8 Å². The van der Waals surface area contributed by atoms with E-state index in [1.165, 1.54) is 0 Å². The van der Waals surface area contributed by atoms with Gasteiger partial charge >= 0.3 is 6.41 Å². The smallest absolute Gasteiger partial charge is 0.312 e. The highest BCUT2D eigenvalue weighted by molar-refractivity contribution is 5.82. The lowest BCUT2D eigenvalue weighted by Crippen LogP contribution is -2.39. The van der Waals surface area contributed by atoms with Gasteiger partial charge in [0.15, 0.2) is 0 Å². The molecule has 0 aromatic rings. The van der Waals surface area contributed by atoms with Crippen molar-refractivity contribution in [3.8, 4) is 0 Å². The number of carbonyl (C=O) groups is 1. The molecular weight excluding hydrogens is 148 g/mol. The molecule has 5 nitrogen and oxygen atoms in total. The molecule has 0 aromatic heterocycles. The van der Waals surface area contributed by atoms with Gasteiger partial charge in [0.25, 0.3) is 0 Å². The van der Waals surface area contributed by atoms with Crippen LogP contribution >= 0.6 is 0 Å². The predicted molar refractivity (Wildman–Crippen MR) is 36.0 cm³/mol. The maximum atomic E-state index is 10.6. The molecule has 1 heterocycles. The van der Waals surface area contributed by atoms with Gasteiger partial charge in [-0.05, 0) is 0 Å². The van der Waals surface area contributed by atoms with Gasteiger partial charge in [-0.1, -0.05) is 0 Å². The Kier molecular flexibility index (Phi) is 2.09. The van der Waals surface area contributed by atoms with E-state index in [9.17, 15) is 9.59 Å². The highest BCUT2D eigenvalue weighted by Crippen LogP contribution is 2.14. The largest absolute Gasteiger partial charge is 0.391 e. The van der Waals surface area contributed by atoms with Gasteiger partial charge in [0.2, 0.25) is 5.91 Å². The second-order valence-electron chi connectivity index (χ2n) is 2.55. The molecule has 61 valence electrons. The molecule has 1 aliphatic heterocycles. The van der Waals surface area contributed by atoms with Gasteiger partial charge in [-0.15, -0.1) is 0 Å². The molecule has 1 fully saturated rings. The summed E-state index contributed by atoms with van der Waals surface area (Å²) in [4.78, 5) is 21.8. The number of aliphatic hydroxyl groups excluding tert-OH is 1. The number of rotatable bonds is 2. The number of nitrogens with zero attached hydrogens (tertiary/aromatic N) is 1. The number of hydrogen-bond donors (Lipinski definition) is 2. The van der Waals surface area contributed by atoms with E-state index in [4.69, 9.17) is 10.8 Å². The lowest BCUT2D eigenvalue weighted by atomic mass is 10.2. The zero-order chi connectivity index (χ0) is 8.43. The van der Waals surface area contributed by atoms with Crippen molar-refractivity contribution in [2.45, 2.75) is 18.6 Å². The zero-order valence-corrected chi connectivity index (χ0v) is 5.86. The lowest BCUT2D eigenvalue weighted by Gasteiger charge is -2.13. The molecule has 5 heteroatoms. The van der Waals surface area contributed by atoms with E-state index in [0.29, 0.717) is 0 Å². The number of likely N-dealkylation sites (tertiary alicyclic amines) is 1. The number of amides is 2. The SMILES string of the molecule is NC(=O)C1C[C@H](O)CN1[C]=O. The predicted octanol–water partition coefficient (Wildman–Crippen LogP) is -2.03. The van der Waals surface area contributed by atoms with Crippen molar-refractivity contribution < 1.29 is 14.7 Å². The van der Waals surface area contributed by atoms with E-state index >= 15 is 0 Å². The first kappa shape index (κ1) is 8.00. The summed E-state index contributed by atoms with van der Waals surface area (Å²) >= 11 is 0. The molecule has 1 unspecified atom stereocenters. The number of nitrogens with two attached hydrogens (primary N) is 1. The van der Waals surface area contributed by atoms with Crippen LogP contribution in [0.2, 0.25) is 0 Å². The van der Waals surface area contributed by atoms with Crippen LogP contribution in [0, 0.1) is 0 Å². The summed E-state index contributed by atoms with van der Waals surface area (Å²) in [6.45, 7) is 0.150. The summed E-state index contributed by atoms with van der Waals surface area (Å²) in [7, 11) is 0. The lowest BCUT2D eigenvalue weighted by molar-refractivity contribution is -0.121. The maximum Gasteiger partial charge on any atom is 0.312 e. The Morgan fingerprint density at radius 2 is 2.36 bits per heavy atom. The molecule has 2 amide bonds. The fourth-order valence-electron chi connectivity index (χ4n) is 1.18. The molecule has 11 heavy (non-hydrogen) atoms. The van der Waals surface area contributed by atoms with E-state index in [-0.39, 0.29) is 13.0 Å². The standard InChI is InChI=1S/C6H9N2O3/c7-6(11)5-1-4(10)2-8(5)3-9/h4-5,10H,1-2H2,(H2,7,11)/t4-,5?/m0/s1. The van der Waals surface area contributed by atoms with E-state index in [2.05, 4.69) is 0 Å². The first-order chi connectivity index (χ1) is 5.15. The van der Waals surface area contributed by atoms with Crippen LogP contribution in [0.5, 0.6) is 0 Å². The van der Waals surface area contributed by atoms with Gasteiger partial charge in [0, 0.05) is 13.0 Å². The van der Waals surface area contributed by atoms with Crippen molar-refractivity contribution in [3.05, 3.63) is 0 Å². The third-order valence-corrected chi connectivity index (χ3v) is 1.72. The molecule has 0 aromatic carbocycles. The van der Waals surface area contributed by atoms with Crippen LogP contribution in [-0.2, 0) is 9.59 Å². The molecule has 0 bridgehead atoms. The van der Waals surface area contributed by atoms with Crippen LogP contribution in [-0.4, -0.2) is 41.0 Å². The molecule has 2 atom stereocenters. The molecule has 1 rings (SSSR count). The topological polar surface area (TPSA) is 83.6 Å². The molecule has 1 saturated heterocycles. The Balaban J connectivity index is 2.64. The first-order valence-corrected chi connectivity index (χ1v) is 3.27. The number of carbonyl (C=O) groups excluding carboxylic acids is 2. The Bertz CT molecular complexity index is 183. The van der Waals surface area contributed by atoms with Crippen LogP contribution in [0.3, 0.4) is 0 Å². The van der Waals surface area contributed by atoms with Crippen LogP contribution in [0.15, 0.2) is 0 Å². The number of hydrogen-bond acceptors (Lipinski definition) is 3. The number of β-amino-alcohol motifs (C(OH)–C–C–N with tert-alkyl or cyclic N) is 1. The summed E-state index contributed by atoms with van der Waals surface area (Å²) in [6, 6.07) is -0.678. The quantitative estimate of drug-likeness (QED) is 0.485. The Hall–Kier alpha value is -1.10. The minimum atomic E-state index is -0.678. The third kappa shape index (κ3) is 1.48. The highest BCUT2D eigenvalue weighted by atomic mass is 16.3. The first-order valence-electron chi connectivity index (χ1n) is 3.27. The normalized spacial score (nSPS) is 30.5. The fourth-order valence-corrected chi connectivity index (χ4v) is 1.18. The van der Waals surface area contributed by atoms with Crippen molar-refractivity contribution in [1.82, 2.24) is 4.90 Å². The second-order valence-corrected chi connectivity index (χ2v) is 2.55. The molecule has 0 saturated carbocycles. The average Bonchev–Trinajstić information content (AvgIpc) is 2.30. The highest BCUT2D eigenvalue weighted by Gasteiger charge is 2.34. The van der Waals surface area contributed by atoms with Gasteiger partial charge in [0.05, 0.1) is 6.10 Å². The number of primary amides is 1. The summed E-state index contributed by atoms with van der Waals surface area (Å²) in [5, 5.41) is 9.02. The van der Waals surface area contributed by atoms with Crippen LogP contribution in [0.25, 0.3) is 0 Å². The Morgan fingerprint density at radius 1 is 1.73 bits per heavy atom. The van der Waals surface area contributed by atoms with E-state index in [1.807, 2.05) is 0 Å². The van der Waals surface area contributed by atoms with Crippen molar-refractivity contribution in [2.24, 2.45) is 5.73 Å². The Morgan fingerprint density at radius 3 is 2.73 bits per heavy atom. The minimum absolute atomic E-state index is 0.150. The molecular formula is C6H9N2O3. The van der Waals surface area contributed by atoms with Crippen LogP contribution < -0.4 is 5.73 Å². The minimum Gasteiger partial charge on any atom is -0.391 e. The van der Waals surface area contributed by atoms with Crippen LogP contribution in [0.4, 0.5) is 0 Å². The summed E-state index contributed by atoms with van der Waals surface area (Å²) in [5.74, 6) is -0.593. The summed E-state index contributed by atoms with van der Waals surface area (Å²) in [6.07, 6.45) is 1.13. The van der Waals surface area contributed by atoms with E-state index < -0.39 is 18.1 Å². The third-order valence-electron chi connectivity index (χ3n) is 1.72. The van der Waals surface area contributed by atoms with Gasteiger partial charge in [-0.2, -0.15) is 0 Å². The molecule has 0 aliphatic carbocycles.